The smallest absolute Gasteiger partial charge is 0.151 e. The Morgan fingerprint density at radius 2 is 0.875 bits per heavy atom. The van der Waals surface area contributed by atoms with Gasteiger partial charge in [0.1, 0.15) is 0 Å². The molecule has 0 saturated carbocycles. The van der Waals surface area contributed by atoms with E-state index >= 15 is 0 Å². The molecule has 64 heavy (non-hydrogen) atoms. The van der Waals surface area contributed by atoms with Gasteiger partial charge in [0, 0.05) is 18.3 Å². The lowest BCUT2D eigenvalue weighted by Gasteiger charge is -2.29. The van der Waals surface area contributed by atoms with Crippen LogP contribution in [0.4, 0.5) is 0 Å². The van der Waals surface area contributed by atoms with E-state index < -0.39 is 5.60 Å². The molecule has 2 bridgehead atoms. The van der Waals surface area contributed by atoms with Gasteiger partial charge in [-0.05, 0) is 210 Å². The van der Waals surface area contributed by atoms with Crippen LogP contribution in [0, 0.1) is 11.8 Å². The molecule has 0 fully saturated rings. The highest BCUT2D eigenvalue weighted by Gasteiger charge is 2.31. The third-order valence-corrected chi connectivity index (χ3v) is 13.2. The maximum atomic E-state index is 6.69. The van der Waals surface area contributed by atoms with E-state index in [4.69, 9.17) is 17.9 Å². The van der Waals surface area contributed by atoms with Gasteiger partial charge in [-0.15, -0.1) is 0 Å². The molecule has 9 rings (SSSR count). The van der Waals surface area contributed by atoms with Crippen molar-refractivity contribution in [2.45, 2.75) is 40.2 Å². The predicted molar refractivity (Wildman–Crippen MR) is 280 cm³/mol. The van der Waals surface area contributed by atoms with Crippen molar-refractivity contribution in [3.63, 3.8) is 0 Å². The Balaban J connectivity index is 1.51. The topological polar surface area (TPSA) is 9.23 Å². The molecule has 0 aliphatic heterocycles. The van der Waals surface area contributed by atoms with Gasteiger partial charge in [-0.25, -0.2) is 0 Å². The Hall–Kier alpha value is -7.50. The van der Waals surface area contributed by atoms with E-state index in [2.05, 4.69) is 205 Å². The van der Waals surface area contributed by atoms with E-state index in [-0.39, 0.29) is 0 Å². The monoisotopic (exact) mass is 824 g/mol. The Morgan fingerprint density at radius 1 is 0.484 bits per heavy atom. The summed E-state index contributed by atoms with van der Waals surface area (Å²) in [5, 5.41) is 9.15. The second-order valence-corrected chi connectivity index (χ2v) is 17.3. The zero-order chi connectivity index (χ0) is 44.9. The molecule has 1 nitrogen and oxygen atoms in total. The average molecular weight is 825 g/mol. The lowest BCUT2D eigenvalue weighted by molar-refractivity contribution is 0.108. The van der Waals surface area contributed by atoms with Crippen molar-refractivity contribution in [3.8, 4) is 11.8 Å². The quantitative estimate of drug-likeness (QED) is 0.161. The van der Waals surface area contributed by atoms with Crippen LogP contribution in [0.3, 0.4) is 0 Å². The highest BCUT2D eigenvalue weighted by Crippen LogP contribution is 2.41. The summed E-state index contributed by atoms with van der Waals surface area (Å²) in [5.41, 5.74) is 15.1. The van der Waals surface area contributed by atoms with E-state index in [0.29, 0.717) is 0 Å². The summed E-state index contributed by atoms with van der Waals surface area (Å²) in [6.07, 6.45) is 12.8. The van der Waals surface area contributed by atoms with Crippen molar-refractivity contribution >= 4 is 89.1 Å². The third-order valence-electron chi connectivity index (χ3n) is 13.2. The van der Waals surface area contributed by atoms with Gasteiger partial charge in [-0.3, -0.25) is 0 Å². The van der Waals surface area contributed by atoms with Crippen molar-refractivity contribution in [1.82, 2.24) is 0 Å². The van der Waals surface area contributed by atoms with Crippen LogP contribution in [-0.2, 0) is 4.74 Å². The first kappa shape index (κ1) is 41.8. The lowest BCUT2D eigenvalue weighted by Crippen LogP contribution is -2.30. The van der Waals surface area contributed by atoms with Crippen molar-refractivity contribution in [2.24, 2.45) is 0 Å². The second kappa shape index (κ2) is 16.7. The van der Waals surface area contributed by atoms with E-state index in [0.717, 1.165) is 121 Å². The average Bonchev–Trinajstić information content (AvgIpc) is 3.33. The number of hydrogen-bond acceptors (Lipinski definition) is 1. The van der Waals surface area contributed by atoms with Crippen LogP contribution in [-0.4, -0.2) is 12.7 Å². The zero-order valence-electron chi connectivity index (χ0n) is 37.7. The van der Waals surface area contributed by atoms with Gasteiger partial charge in [0.25, 0.3) is 0 Å². The highest BCUT2D eigenvalue weighted by molar-refractivity contribution is 6.03. The van der Waals surface area contributed by atoms with E-state index in [1.165, 1.54) is 10.8 Å². The number of methoxy groups -OCH3 is 1. The van der Waals surface area contributed by atoms with E-state index in [9.17, 15) is 0 Å². The molecular weight excluding hydrogens is 773 g/mol. The minimum absolute atomic E-state index is 0.877. The summed E-state index contributed by atoms with van der Waals surface area (Å²) in [5.74, 6) is 7.53. The molecule has 0 heterocycles. The molecule has 1 heteroatoms. The van der Waals surface area contributed by atoms with Crippen molar-refractivity contribution in [3.05, 3.63) is 227 Å². The summed E-state index contributed by atoms with van der Waals surface area (Å²) in [7, 11) is 1.77. The molecule has 0 amide bonds. The number of hydrogen-bond donors (Lipinski definition) is 0. The predicted octanol–water partition coefficient (Wildman–Crippen LogP) is 14.9. The van der Waals surface area contributed by atoms with Gasteiger partial charge in [0.2, 0.25) is 0 Å². The molecule has 7 aromatic rings. The molecule has 0 saturated heterocycles. The van der Waals surface area contributed by atoms with Gasteiger partial charge >= 0.3 is 0 Å². The minimum Gasteiger partial charge on any atom is -0.362 e. The third kappa shape index (κ3) is 7.47. The molecule has 2 aliphatic rings. The maximum Gasteiger partial charge on any atom is 0.151 e. The van der Waals surface area contributed by atoms with Gasteiger partial charge in [-0.2, -0.15) is 0 Å². The number of benzene rings is 7. The maximum absolute atomic E-state index is 6.69. The molecule has 7 aromatic carbocycles. The molecular formula is C63H52O. The normalized spacial score (nSPS) is 21.5. The number of fused-ring (bicyclic) bond motifs is 12. The van der Waals surface area contributed by atoms with Crippen LogP contribution < -0.4 is 10.4 Å². The second-order valence-electron chi connectivity index (χ2n) is 17.3. The molecule has 0 radical (unpaired) electrons. The molecule has 1 atom stereocenters. The molecule has 2 aliphatic carbocycles. The standard InChI is InChI=1S/C63H52O/c1-11-45-31-54-39(3)27-41(5)58-35-49-21-15-17-23-51(49)37-60(58)53-25-26-63(9,64-10)62(30-44(8)57-34-48-20-14-13-19-47(48)33-56(57)43(7)29-53)61-38-52-24-18-16-22-50(52)36-59(61)42(6)28-40(4)55(54)32-46(45)12-2/h11-24,27-38H,1-2,5-6H2,3-4,7-10H3/b39-27+,40-28+,53-29+,56-43+,57-44+,62-30-. The van der Waals surface area contributed by atoms with E-state index in [1.807, 2.05) is 12.2 Å². The zero-order valence-corrected chi connectivity index (χ0v) is 37.7. The van der Waals surface area contributed by atoms with Gasteiger partial charge in [-0.1, -0.05) is 141 Å². The Morgan fingerprint density at radius 3 is 1.31 bits per heavy atom. The first-order valence-corrected chi connectivity index (χ1v) is 21.9. The molecule has 0 aromatic heterocycles. The lowest BCUT2D eigenvalue weighted by atomic mass is 9.82. The SMILES string of the molecule is C=Cc1cc2c(cc1C=C)/C(C)=C/C(=C)c1cc3ccccc3cc1/C1=C/C(C)=c3\cc4ccccc4c\c3=C(C)/C=C(\C#CC1(C)OC)c1cc3ccccc3cc1C(=C)/C=C/2C. The summed E-state index contributed by atoms with van der Waals surface area (Å²) < 4.78 is 6.69. The van der Waals surface area contributed by atoms with Crippen LogP contribution in [0.5, 0.6) is 0 Å². The molecule has 310 valence electrons. The van der Waals surface area contributed by atoms with Gasteiger partial charge in [0.15, 0.2) is 5.60 Å². The summed E-state index contributed by atoms with van der Waals surface area (Å²) in [6.45, 7) is 28.9. The first-order valence-electron chi connectivity index (χ1n) is 21.9. The Labute approximate surface area is 378 Å². The molecule has 1 unspecified atom stereocenters. The fraction of sp³-hybridized carbons (Fsp3) is 0.111. The number of ether oxygens (including phenoxy) is 1. The summed E-state index contributed by atoms with van der Waals surface area (Å²) in [6, 6.07) is 43.9. The molecule has 0 spiro atoms. The fourth-order valence-corrected chi connectivity index (χ4v) is 9.48. The van der Waals surface area contributed by atoms with Crippen LogP contribution >= 0.6 is 0 Å². The van der Waals surface area contributed by atoms with Crippen LogP contribution in [0.15, 0.2) is 172 Å². The molecule has 0 N–H and O–H groups in total. The van der Waals surface area contributed by atoms with Crippen molar-refractivity contribution < 1.29 is 4.74 Å². The van der Waals surface area contributed by atoms with Gasteiger partial charge < -0.3 is 4.74 Å². The summed E-state index contributed by atoms with van der Waals surface area (Å²) in [4.78, 5) is 0. The fourth-order valence-electron chi connectivity index (χ4n) is 9.48. The number of allylic oxidation sites excluding steroid dienone is 9. The van der Waals surface area contributed by atoms with Crippen molar-refractivity contribution in [1.29, 1.82) is 0 Å². The van der Waals surface area contributed by atoms with Crippen LogP contribution in [0.1, 0.15) is 79.1 Å². The minimum atomic E-state index is -1.07. The van der Waals surface area contributed by atoms with Crippen LogP contribution in [0.2, 0.25) is 0 Å². The Bertz CT molecular complexity index is 3540. The van der Waals surface area contributed by atoms with Crippen molar-refractivity contribution in [2.75, 3.05) is 7.11 Å². The van der Waals surface area contributed by atoms with Gasteiger partial charge in [0.05, 0.1) is 0 Å². The largest absolute Gasteiger partial charge is 0.362 e. The Kier molecular flexibility index (Phi) is 10.9. The van der Waals surface area contributed by atoms with Crippen LogP contribution in [0.25, 0.3) is 89.1 Å². The highest BCUT2D eigenvalue weighted by atomic mass is 16.5. The summed E-state index contributed by atoms with van der Waals surface area (Å²) >= 11 is 0. The van der Waals surface area contributed by atoms with E-state index in [1.54, 1.807) is 7.11 Å². The first-order chi connectivity index (χ1) is 30.9. The number of rotatable bonds is 3.